The summed E-state index contributed by atoms with van der Waals surface area (Å²) in [6.07, 6.45) is 4.97. The zero-order valence-corrected chi connectivity index (χ0v) is 9.34. The second kappa shape index (κ2) is 5.81. The van der Waals surface area contributed by atoms with Crippen LogP contribution in [0.15, 0.2) is 10.6 Å². The Morgan fingerprint density at radius 3 is 3.00 bits per heavy atom. The number of aromatic nitrogens is 1. The summed E-state index contributed by atoms with van der Waals surface area (Å²) < 4.78 is 5.64. The molecule has 1 heterocycles. The fourth-order valence-electron chi connectivity index (χ4n) is 1.29. The summed E-state index contributed by atoms with van der Waals surface area (Å²) in [5.74, 6) is 2.38. The molecular formula is C11H20N2O. The molecule has 1 aromatic heterocycles. The Morgan fingerprint density at radius 1 is 1.57 bits per heavy atom. The van der Waals surface area contributed by atoms with Crippen molar-refractivity contribution in [1.82, 2.24) is 10.3 Å². The van der Waals surface area contributed by atoms with E-state index in [4.69, 9.17) is 4.42 Å². The zero-order valence-electron chi connectivity index (χ0n) is 9.34. The van der Waals surface area contributed by atoms with Crippen LogP contribution in [0.5, 0.6) is 0 Å². The minimum absolute atomic E-state index is 0.487. The van der Waals surface area contributed by atoms with Gasteiger partial charge >= 0.3 is 0 Å². The summed E-state index contributed by atoms with van der Waals surface area (Å²) >= 11 is 0. The van der Waals surface area contributed by atoms with E-state index in [1.807, 2.05) is 13.2 Å². The average Bonchev–Trinajstić information content (AvgIpc) is 2.66. The van der Waals surface area contributed by atoms with Crippen LogP contribution < -0.4 is 5.32 Å². The topological polar surface area (TPSA) is 38.1 Å². The van der Waals surface area contributed by atoms with Gasteiger partial charge in [0, 0.05) is 12.3 Å². The second-order valence-corrected chi connectivity index (χ2v) is 3.67. The first-order valence-corrected chi connectivity index (χ1v) is 5.37. The van der Waals surface area contributed by atoms with Crippen LogP contribution in [0.3, 0.4) is 0 Å². The van der Waals surface area contributed by atoms with E-state index in [9.17, 15) is 0 Å². The van der Waals surface area contributed by atoms with Crippen molar-refractivity contribution in [3.8, 4) is 0 Å². The van der Waals surface area contributed by atoms with Crippen molar-refractivity contribution in [1.29, 1.82) is 0 Å². The lowest BCUT2D eigenvalue weighted by atomic mass is 10.1. The van der Waals surface area contributed by atoms with Gasteiger partial charge in [0.05, 0.1) is 6.20 Å². The van der Waals surface area contributed by atoms with Gasteiger partial charge in [0.15, 0.2) is 5.89 Å². The highest BCUT2D eigenvalue weighted by Crippen LogP contribution is 2.19. The molecule has 0 aromatic carbocycles. The van der Waals surface area contributed by atoms with Gasteiger partial charge in [-0.25, -0.2) is 4.98 Å². The Labute approximate surface area is 85.9 Å². The van der Waals surface area contributed by atoms with Crippen molar-refractivity contribution < 1.29 is 4.42 Å². The van der Waals surface area contributed by atoms with Crippen molar-refractivity contribution in [2.75, 3.05) is 13.6 Å². The highest BCUT2D eigenvalue weighted by atomic mass is 16.4. The minimum atomic E-state index is 0.487. The Balaban J connectivity index is 2.42. The smallest absolute Gasteiger partial charge is 0.194 e. The lowest BCUT2D eigenvalue weighted by Crippen LogP contribution is -2.08. The number of oxazole rings is 1. The summed E-state index contributed by atoms with van der Waals surface area (Å²) in [6, 6.07) is 0. The predicted octanol–water partition coefficient (Wildman–Crippen LogP) is 2.34. The first kappa shape index (κ1) is 11.2. The lowest BCUT2D eigenvalue weighted by Gasteiger charge is -2.01. The quantitative estimate of drug-likeness (QED) is 0.710. The van der Waals surface area contributed by atoms with Crippen LogP contribution in [0.4, 0.5) is 0 Å². The molecule has 0 spiro atoms. The minimum Gasteiger partial charge on any atom is -0.445 e. The van der Waals surface area contributed by atoms with Crippen molar-refractivity contribution in [2.45, 2.75) is 39.0 Å². The van der Waals surface area contributed by atoms with E-state index < -0.39 is 0 Å². The number of nitrogens with one attached hydrogen (secondary N) is 1. The van der Waals surface area contributed by atoms with E-state index in [0.717, 1.165) is 37.5 Å². The van der Waals surface area contributed by atoms with E-state index in [0.29, 0.717) is 5.92 Å². The molecule has 1 atom stereocenters. The predicted molar refractivity (Wildman–Crippen MR) is 57.5 cm³/mol. The SMILES string of the molecule is CCC(C)c1cnc(CCCNC)o1. The highest BCUT2D eigenvalue weighted by Gasteiger charge is 2.09. The van der Waals surface area contributed by atoms with Crippen molar-refractivity contribution in [3.05, 3.63) is 17.8 Å². The van der Waals surface area contributed by atoms with E-state index >= 15 is 0 Å². The summed E-state index contributed by atoms with van der Waals surface area (Å²) in [5, 5.41) is 3.11. The summed E-state index contributed by atoms with van der Waals surface area (Å²) in [5.41, 5.74) is 0. The fourth-order valence-corrected chi connectivity index (χ4v) is 1.29. The monoisotopic (exact) mass is 196 g/mol. The number of hydrogen-bond donors (Lipinski definition) is 1. The molecule has 3 heteroatoms. The molecule has 14 heavy (non-hydrogen) atoms. The molecular weight excluding hydrogens is 176 g/mol. The van der Waals surface area contributed by atoms with Gasteiger partial charge in [0.1, 0.15) is 5.76 Å². The van der Waals surface area contributed by atoms with Crippen LogP contribution in [0, 0.1) is 0 Å². The molecule has 1 unspecified atom stereocenters. The molecule has 0 radical (unpaired) electrons. The maximum Gasteiger partial charge on any atom is 0.194 e. The van der Waals surface area contributed by atoms with Crippen LogP contribution in [-0.2, 0) is 6.42 Å². The molecule has 1 N–H and O–H groups in total. The van der Waals surface area contributed by atoms with E-state index in [-0.39, 0.29) is 0 Å². The molecule has 0 amide bonds. The zero-order chi connectivity index (χ0) is 10.4. The molecule has 1 rings (SSSR count). The summed E-state index contributed by atoms with van der Waals surface area (Å²) in [7, 11) is 1.96. The maximum absolute atomic E-state index is 5.64. The van der Waals surface area contributed by atoms with E-state index in [2.05, 4.69) is 24.1 Å². The van der Waals surface area contributed by atoms with Gasteiger partial charge in [-0.05, 0) is 26.4 Å². The molecule has 0 bridgehead atoms. The fraction of sp³-hybridized carbons (Fsp3) is 0.727. The molecule has 0 aliphatic heterocycles. The first-order chi connectivity index (χ1) is 6.77. The molecule has 1 aromatic rings. The lowest BCUT2D eigenvalue weighted by molar-refractivity contribution is 0.422. The average molecular weight is 196 g/mol. The van der Waals surface area contributed by atoms with Crippen LogP contribution in [0.2, 0.25) is 0 Å². The van der Waals surface area contributed by atoms with Gasteiger partial charge in [-0.3, -0.25) is 0 Å². The van der Waals surface area contributed by atoms with Crippen LogP contribution in [-0.4, -0.2) is 18.6 Å². The summed E-state index contributed by atoms with van der Waals surface area (Å²) in [6.45, 7) is 5.34. The maximum atomic E-state index is 5.64. The molecule has 0 fully saturated rings. The molecule has 0 aliphatic carbocycles. The highest BCUT2D eigenvalue weighted by molar-refractivity contribution is 5.00. The van der Waals surface area contributed by atoms with Gasteiger partial charge in [0.25, 0.3) is 0 Å². The van der Waals surface area contributed by atoms with E-state index in [1.165, 1.54) is 0 Å². The van der Waals surface area contributed by atoms with Crippen LogP contribution >= 0.6 is 0 Å². The van der Waals surface area contributed by atoms with Crippen LogP contribution in [0.25, 0.3) is 0 Å². The largest absolute Gasteiger partial charge is 0.445 e. The number of rotatable bonds is 6. The standard InChI is InChI=1S/C11H20N2O/c1-4-9(2)10-8-13-11(14-10)6-5-7-12-3/h8-9,12H,4-7H2,1-3H3. The first-order valence-electron chi connectivity index (χ1n) is 5.37. The van der Waals surface area contributed by atoms with E-state index in [1.54, 1.807) is 0 Å². The van der Waals surface area contributed by atoms with Crippen molar-refractivity contribution >= 4 is 0 Å². The third-order valence-corrected chi connectivity index (χ3v) is 2.49. The summed E-state index contributed by atoms with van der Waals surface area (Å²) in [4.78, 5) is 4.26. The van der Waals surface area contributed by atoms with Crippen molar-refractivity contribution in [2.24, 2.45) is 0 Å². The van der Waals surface area contributed by atoms with Gasteiger partial charge in [-0.2, -0.15) is 0 Å². The van der Waals surface area contributed by atoms with Gasteiger partial charge < -0.3 is 9.73 Å². The molecule has 0 aliphatic rings. The van der Waals surface area contributed by atoms with Gasteiger partial charge in [-0.1, -0.05) is 13.8 Å². The number of nitrogens with zero attached hydrogens (tertiary/aromatic N) is 1. The molecule has 0 saturated heterocycles. The third-order valence-electron chi connectivity index (χ3n) is 2.49. The molecule has 3 nitrogen and oxygen atoms in total. The Bertz CT molecular complexity index is 258. The normalized spacial score (nSPS) is 13.1. The van der Waals surface area contributed by atoms with Gasteiger partial charge in [-0.15, -0.1) is 0 Å². The Morgan fingerprint density at radius 2 is 2.36 bits per heavy atom. The molecule has 80 valence electrons. The van der Waals surface area contributed by atoms with Gasteiger partial charge in [0.2, 0.25) is 0 Å². The van der Waals surface area contributed by atoms with Crippen molar-refractivity contribution in [3.63, 3.8) is 0 Å². The number of hydrogen-bond acceptors (Lipinski definition) is 3. The Hall–Kier alpha value is -0.830. The second-order valence-electron chi connectivity index (χ2n) is 3.67. The molecule has 0 saturated carbocycles. The number of aryl methyl sites for hydroxylation is 1. The van der Waals surface area contributed by atoms with Crippen LogP contribution in [0.1, 0.15) is 44.3 Å². The Kier molecular flexibility index (Phi) is 4.66. The third kappa shape index (κ3) is 3.14.